The molecule has 1 unspecified atom stereocenters. The Morgan fingerprint density at radius 1 is 1.29 bits per heavy atom. The highest BCUT2D eigenvalue weighted by Crippen LogP contribution is 2.31. The third-order valence-corrected chi connectivity index (χ3v) is 3.39. The fraction of sp³-hybridized carbons (Fsp3) is 0.600. The zero-order chi connectivity index (χ0) is 12.4. The summed E-state index contributed by atoms with van der Waals surface area (Å²) in [6.07, 6.45) is 3.54. The van der Waals surface area contributed by atoms with Crippen molar-refractivity contribution in [3.05, 3.63) is 28.8 Å². The van der Waals surface area contributed by atoms with Gasteiger partial charge in [0.05, 0.1) is 6.61 Å². The molecular formula is C15H23NO. The molecule has 2 heteroatoms. The second-order valence-corrected chi connectivity index (χ2v) is 5.48. The minimum atomic E-state index is 0.181. The van der Waals surface area contributed by atoms with E-state index in [-0.39, 0.29) is 6.04 Å². The molecule has 2 rings (SSSR count). The van der Waals surface area contributed by atoms with Crippen LogP contribution in [-0.4, -0.2) is 12.6 Å². The van der Waals surface area contributed by atoms with Gasteiger partial charge in [-0.2, -0.15) is 0 Å². The Morgan fingerprint density at radius 3 is 2.53 bits per heavy atom. The van der Waals surface area contributed by atoms with E-state index in [9.17, 15) is 0 Å². The number of hydrogen-bond donors (Lipinski definition) is 1. The molecule has 0 aliphatic heterocycles. The van der Waals surface area contributed by atoms with Crippen LogP contribution in [0.1, 0.15) is 36.5 Å². The SMILES string of the molecule is Cc1cc(CC(C)N)c(OCC2CC2)cc1C. The molecule has 0 saturated heterocycles. The second kappa shape index (κ2) is 5.09. The summed E-state index contributed by atoms with van der Waals surface area (Å²) in [6, 6.07) is 4.57. The molecular weight excluding hydrogens is 210 g/mol. The summed E-state index contributed by atoms with van der Waals surface area (Å²) < 4.78 is 5.94. The summed E-state index contributed by atoms with van der Waals surface area (Å²) in [5.41, 5.74) is 9.76. The topological polar surface area (TPSA) is 35.2 Å². The standard InChI is InChI=1S/C15H23NO/c1-10-6-14(8-12(3)16)15(7-11(10)2)17-9-13-4-5-13/h6-7,12-13H,4-5,8-9,16H2,1-3H3. The lowest BCUT2D eigenvalue weighted by molar-refractivity contribution is 0.296. The van der Waals surface area contributed by atoms with Gasteiger partial charge in [0.2, 0.25) is 0 Å². The van der Waals surface area contributed by atoms with Gasteiger partial charge < -0.3 is 10.5 Å². The van der Waals surface area contributed by atoms with Gasteiger partial charge in [0.1, 0.15) is 5.75 Å². The summed E-state index contributed by atoms with van der Waals surface area (Å²) in [6.45, 7) is 7.19. The molecule has 0 radical (unpaired) electrons. The summed E-state index contributed by atoms with van der Waals surface area (Å²) in [7, 11) is 0. The molecule has 94 valence electrons. The first-order valence-corrected chi connectivity index (χ1v) is 6.54. The predicted molar refractivity (Wildman–Crippen MR) is 71.5 cm³/mol. The van der Waals surface area contributed by atoms with Gasteiger partial charge in [0.15, 0.2) is 0 Å². The van der Waals surface area contributed by atoms with Gasteiger partial charge in [-0.1, -0.05) is 6.07 Å². The minimum absolute atomic E-state index is 0.181. The quantitative estimate of drug-likeness (QED) is 0.848. The molecule has 1 aromatic carbocycles. The molecule has 1 fully saturated rings. The van der Waals surface area contributed by atoms with E-state index in [1.54, 1.807) is 0 Å². The van der Waals surface area contributed by atoms with Crippen LogP contribution in [0.3, 0.4) is 0 Å². The fourth-order valence-electron chi connectivity index (χ4n) is 1.98. The third kappa shape index (κ3) is 3.47. The van der Waals surface area contributed by atoms with E-state index in [0.717, 1.165) is 24.7 Å². The number of hydrogen-bond acceptors (Lipinski definition) is 2. The smallest absolute Gasteiger partial charge is 0.122 e. The van der Waals surface area contributed by atoms with Gasteiger partial charge in [0.25, 0.3) is 0 Å². The average Bonchev–Trinajstić information content (AvgIpc) is 3.04. The van der Waals surface area contributed by atoms with E-state index in [2.05, 4.69) is 26.0 Å². The monoisotopic (exact) mass is 233 g/mol. The summed E-state index contributed by atoms with van der Waals surface area (Å²) in [5.74, 6) is 1.83. The summed E-state index contributed by atoms with van der Waals surface area (Å²) in [5, 5.41) is 0. The van der Waals surface area contributed by atoms with Gasteiger partial charge in [-0.3, -0.25) is 0 Å². The second-order valence-electron chi connectivity index (χ2n) is 5.48. The van der Waals surface area contributed by atoms with Crippen LogP contribution in [0.2, 0.25) is 0 Å². The van der Waals surface area contributed by atoms with Crippen molar-refractivity contribution >= 4 is 0 Å². The Labute approximate surface area is 104 Å². The van der Waals surface area contributed by atoms with Gasteiger partial charge >= 0.3 is 0 Å². The van der Waals surface area contributed by atoms with Gasteiger partial charge in [-0.05, 0) is 68.7 Å². The molecule has 1 atom stereocenters. The zero-order valence-electron chi connectivity index (χ0n) is 11.1. The van der Waals surface area contributed by atoms with E-state index in [4.69, 9.17) is 10.5 Å². The molecule has 17 heavy (non-hydrogen) atoms. The molecule has 1 aliphatic rings. The van der Waals surface area contributed by atoms with Crippen LogP contribution < -0.4 is 10.5 Å². The third-order valence-electron chi connectivity index (χ3n) is 3.39. The molecule has 1 aromatic rings. The van der Waals surface area contributed by atoms with Crippen LogP contribution in [0.25, 0.3) is 0 Å². The number of benzene rings is 1. The molecule has 0 spiro atoms. The largest absolute Gasteiger partial charge is 0.493 e. The first-order chi connectivity index (χ1) is 8.06. The van der Waals surface area contributed by atoms with Crippen molar-refractivity contribution in [3.8, 4) is 5.75 Å². The molecule has 1 saturated carbocycles. The van der Waals surface area contributed by atoms with Crippen LogP contribution in [0, 0.1) is 19.8 Å². The highest BCUT2D eigenvalue weighted by molar-refractivity contribution is 5.42. The van der Waals surface area contributed by atoms with Crippen molar-refractivity contribution in [2.24, 2.45) is 11.7 Å². The lowest BCUT2D eigenvalue weighted by atomic mass is 10.0. The Hall–Kier alpha value is -1.02. The van der Waals surface area contributed by atoms with Crippen molar-refractivity contribution in [1.82, 2.24) is 0 Å². The van der Waals surface area contributed by atoms with Crippen LogP contribution in [0.5, 0.6) is 5.75 Å². The van der Waals surface area contributed by atoms with Crippen LogP contribution in [-0.2, 0) is 6.42 Å². The first kappa shape index (κ1) is 12.4. The predicted octanol–water partition coefficient (Wildman–Crippen LogP) is 2.98. The first-order valence-electron chi connectivity index (χ1n) is 6.54. The van der Waals surface area contributed by atoms with Gasteiger partial charge in [-0.15, -0.1) is 0 Å². The molecule has 2 nitrogen and oxygen atoms in total. The van der Waals surface area contributed by atoms with E-state index in [0.29, 0.717) is 0 Å². The summed E-state index contributed by atoms with van der Waals surface area (Å²) in [4.78, 5) is 0. The lowest BCUT2D eigenvalue weighted by Crippen LogP contribution is -2.18. The average molecular weight is 233 g/mol. The number of rotatable bonds is 5. The highest BCUT2D eigenvalue weighted by atomic mass is 16.5. The van der Waals surface area contributed by atoms with E-state index in [1.807, 2.05) is 6.92 Å². The Kier molecular flexibility index (Phi) is 3.72. The molecule has 0 heterocycles. The number of ether oxygens (including phenoxy) is 1. The molecule has 0 aromatic heterocycles. The maximum absolute atomic E-state index is 5.94. The maximum Gasteiger partial charge on any atom is 0.122 e. The van der Waals surface area contributed by atoms with Gasteiger partial charge in [0, 0.05) is 6.04 Å². The van der Waals surface area contributed by atoms with Crippen LogP contribution in [0.15, 0.2) is 12.1 Å². The van der Waals surface area contributed by atoms with Crippen molar-refractivity contribution in [1.29, 1.82) is 0 Å². The lowest BCUT2D eigenvalue weighted by Gasteiger charge is -2.15. The molecule has 0 amide bonds. The van der Waals surface area contributed by atoms with Crippen molar-refractivity contribution < 1.29 is 4.74 Å². The Bertz CT molecular complexity index is 394. The molecule has 1 aliphatic carbocycles. The molecule has 2 N–H and O–H groups in total. The number of nitrogens with two attached hydrogens (primary N) is 1. The van der Waals surface area contributed by atoms with Gasteiger partial charge in [-0.25, -0.2) is 0 Å². The fourth-order valence-corrected chi connectivity index (χ4v) is 1.98. The Morgan fingerprint density at radius 2 is 1.94 bits per heavy atom. The van der Waals surface area contributed by atoms with Crippen molar-refractivity contribution in [2.75, 3.05) is 6.61 Å². The maximum atomic E-state index is 5.94. The highest BCUT2D eigenvalue weighted by Gasteiger charge is 2.22. The van der Waals surface area contributed by atoms with E-state index >= 15 is 0 Å². The van der Waals surface area contributed by atoms with Crippen LogP contribution >= 0.6 is 0 Å². The summed E-state index contributed by atoms with van der Waals surface area (Å²) >= 11 is 0. The van der Waals surface area contributed by atoms with Crippen molar-refractivity contribution in [3.63, 3.8) is 0 Å². The van der Waals surface area contributed by atoms with E-state index in [1.165, 1.54) is 29.5 Å². The van der Waals surface area contributed by atoms with Crippen LogP contribution in [0.4, 0.5) is 0 Å². The zero-order valence-corrected chi connectivity index (χ0v) is 11.1. The van der Waals surface area contributed by atoms with Crippen molar-refractivity contribution in [2.45, 2.75) is 46.1 Å². The normalized spacial score (nSPS) is 16.9. The molecule has 0 bridgehead atoms. The minimum Gasteiger partial charge on any atom is -0.493 e. The van der Waals surface area contributed by atoms with E-state index < -0.39 is 0 Å². The number of aryl methyl sites for hydroxylation is 2. The Balaban J connectivity index is 2.15.